The van der Waals surface area contributed by atoms with Gasteiger partial charge in [0, 0.05) is 83.3 Å². The van der Waals surface area contributed by atoms with E-state index < -0.39 is 28.6 Å². The van der Waals surface area contributed by atoms with Crippen LogP contribution >= 0.6 is 131 Å². The molecule has 15 rings (SSSR count). The predicted molar refractivity (Wildman–Crippen MR) is 441 cm³/mol. The van der Waals surface area contributed by atoms with Crippen molar-refractivity contribution in [2.45, 2.75) is 136 Å². The number of esters is 1. The number of Topliss-reactive ketones (excluding diaryl/α,β-unsaturated/α-hetero) is 1. The molecule has 0 amide bonds. The predicted octanol–water partition coefficient (Wildman–Crippen LogP) is 23.7. The number of amidine groups is 1. The molecule has 1 fully saturated rings. The van der Waals surface area contributed by atoms with Crippen molar-refractivity contribution in [3.8, 4) is 45.6 Å². The summed E-state index contributed by atoms with van der Waals surface area (Å²) < 4.78 is 83.8. The quantitative estimate of drug-likeness (QED) is 0.0153. The Morgan fingerprint density at radius 1 is 0.568 bits per heavy atom. The number of hydrogen-bond donors (Lipinski definition) is 4. The number of nitrogen functional groups attached to an aromatic ring is 1. The molecule has 0 radical (unpaired) electrons. The lowest BCUT2D eigenvalue weighted by Crippen LogP contribution is -2.25. The van der Waals surface area contributed by atoms with E-state index in [0.717, 1.165) is 118 Å². The van der Waals surface area contributed by atoms with Crippen LogP contribution in [-0.4, -0.2) is 69.1 Å². The van der Waals surface area contributed by atoms with Gasteiger partial charge in [0.1, 0.15) is 67.1 Å². The molecule has 584 valence electrons. The Morgan fingerprint density at radius 2 is 0.982 bits per heavy atom. The van der Waals surface area contributed by atoms with E-state index in [1.165, 1.54) is 84.4 Å². The summed E-state index contributed by atoms with van der Waals surface area (Å²) in [5, 5.41) is 9.73. The third kappa shape index (κ3) is 23.2. The summed E-state index contributed by atoms with van der Waals surface area (Å²) >= 11 is 51.5. The van der Waals surface area contributed by atoms with Crippen LogP contribution in [0.5, 0.6) is 0 Å². The Bertz CT molecular complexity index is 5150. The molecule has 0 bridgehead atoms. The van der Waals surface area contributed by atoms with Gasteiger partial charge >= 0.3 is 11.2 Å². The Kier molecular flexibility index (Phi) is 31.2. The molecule has 1 saturated carbocycles. The maximum atomic E-state index is 14.3. The number of aryl methyl sites for hydroxylation is 5. The van der Waals surface area contributed by atoms with Gasteiger partial charge in [0.15, 0.2) is 17.5 Å². The van der Waals surface area contributed by atoms with Gasteiger partial charge in [-0.2, -0.15) is 0 Å². The number of hydrogen-bond acceptors (Lipinski definition) is 15. The van der Waals surface area contributed by atoms with Crippen molar-refractivity contribution in [1.82, 2.24) is 44.9 Å². The molecule has 17 nitrogen and oxygen atoms in total. The topological polar surface area (TPSA) is 258 Å². The summed E-state index contributed by atoms with van der Waals surface area (Å²) in [4.78, 5) is 72.6. The Morgan fingerprint density at radius 3 is 1.45 bits per heavy atom. The third-order valence-corrected chi connectivity index (χ3v) is 21.0. The highest BCUT2D eigenvalue weighted by Crippen LogP contribution is 2.61. The van der Waals surface area contributed by atoms with Crippen LogP contribution in [0.25, 0.3) is 45.6 Å². The smallest absolute Gasteiger partial charge is 0.339 e. The lowest BCUT2D eigenvalue weighted by atomic mass is 9.98. The Hall–Kier alpha value is -7.00. The van der Waals surface area contributed by atoms with Gasteiger partial charge in [-0.1, -0.05) is 104 Å². The van der Waals surface area contributed by atoms with E-state index in [1.54, 1.807) is 31.5 Å². The van der Waals surface area contributed by atoms with Crippen molar-refractivity contribution in [2.24, 2.45) is 17.6 Å². The van der Waals surface area contributed by atoms with Crippen molar-refractivity contribution < 1.29 is 40.8 Å². The summed E-state index contributed by atoms with van der Waals surface area (Å²) in [5.41, 5.74) is 15.8. The van der Waals surface area contributed by atoms with Gasteiger partial charge in [0.2, 0.25) is 0 Å². The highest BCUT2D eigenvalue weighted by molar-refractivity contribution is 14.1. The zero-order valence-corrected chi connectivity index (χ0v) is 70.3. The second kappa shape index (κ2) is 39.4. The summed E-state index contributed by atoms with van der Waals surface area (Å²) in [6.45, 7) is 14.5. The number of ketones is 1. The molecule has 5 N–H and O–H groups in total. The first-order valence-corrected chi connectivity index (χ1v) is 42.6. The number of anilines is 2. The number of H-pyrrole nitrogens is 1. The van der Waals surface area contributed by atoms with Gasteiger partial charge in [-0.05, 0) is 260 Å². The number of ether oxygens (including phenoxy) is 1. The fraction of sp³-hybridized carbons (Fsp3) is 0.308. The van der Waals surface area contributed by atoms with E-state index in [-0.39, 0.29) is 69.1 Å². The molecular formula is C78H72Cl9F5IN12O5P. The van der Waals surface area contributed by atoms with Crippen LogP contribution in [0.2, 0.25) is 30.3 Å². The lowest BCUT2D eigenvalue weighted by molar-refractivity contribution is -0.151. The fourth-order valence-electron chi connectivity index (χ4n) is 13.1. The Balaban J connectivity index is 0.000000154. The van der Waals surface area contributed by atoms with Crippen molar-refractivity contribution in [2.75, 3.05) is 11.9 Å². The molecule has 5 aliphatic carbocycles. The van der Waals surface area contributed by atoms with Gasteiger partial charge in [-0.25, -0.2) is 56.8 Å². The van der Waals surface area contributed by atoms with Gasteiger partial charge in [-0.3, -0.25) is 29.3 Å². The molecule has 0 spiro atoms. The molecule has 111 heavy (non-hydrogen) atoms. The molecule has 0 aliphatic heterocycles. The maximum Gasteiger partial charge on any atom is 0.339 e. The number of aromatic nitrogens is 9. The summed E-state index contributed by atoms with van der Waals surface area (Å²) in [5.74, 6) is 0.450. The van der Waals surface area contributed by atoms with Crippen LogP contribution in [0.15, 0.2) is 114 Å². The number of pyridine rings is 1. The average Bonchev–Trinajstić information content (AvgIpc) is 1.70. The molecule has 6 unspecified atom stereocenters. The first-order chi connectivity index (χ1) is 52.5. The molecular weight excluding hydrogens is 1760 g/mol. The number of nitrogens with one attached hydrogen (secondary N) is 3. The van der Waals surface area contributed by atoms with Crippen molar-refractivity contribution in [3.63, 3.8) is 0 Å². The fourth-order valence-corrected chi connectivity index (χ4v) is 15.4. The maximum absolute atomic E-state index is 14.3. The van der Waals surface area contributed by atoms with Crippen LogP contribution in [0.4, 0.5) is 33.5 Å². The second-order valence-corrected chi connectivity index (χ2v) is 36.8. The van der Waals surface area contributed by atoms with Crippen LogP contribution in [0, 0.1) is 57.0 Å². The van der Waals surface area contributed by atoms with Crippen LogP contribution in [-0.2, 0) is 44.6 Å². The number of nitrogens with two attached hydrogens (primary N) is 1. The molecule has 0 saturated heterocycles. The number of nitrogens with zero attached hydrogens (tertiary/aromatic N) is 8. The summed E-state index contributed by atoms with van der Waals surface area (Å²) in [7, 11) is 0. The lowest BCUT2D eigenvalue weighted by Gasteiger charge is -2.16. The molecule has 6 atom stereocenters. The van der Waals surface area contributed by atoms with E-state index in [0.29, 0.717) is 89.6 Å². The number of rotatable bonds is 9. The first-order valence-electron chi connectivity index (χ1n) is 34.8. The number of aromatic amines is 1. The third-order valence-electron chi connectivity index (χ3n) is 18.7. The largest absolute Gasteiger partial charge is 0.465 e. The van der Waals surface area contributed by atoms with Crippen LogP contribution in [0.3, 0.4) is 0 Å². The zero-order chi connectivity index (χ0) is 81.0. The normalized spacial score (nSPS) is 17.3. The number of carbonyl (C=O) groups is 2. The highest BCUT2D eigenvalue weighted by atomic mass is 127. The molecule has 5 aromatic carbocycles. The number of carbonyl (C=O) groups excluding carboxylic acids is 2. The van der Waals surface area contributed by atoms with Crippen molar-refractivity contribution in [3.05, 3.63) is 239 Å². The number of halogens is 15. The standard InChI is InChI=1S/C20H18ClFN4.C14H11Cl2FN2.C14H11ClFIN2.C14H12ClFN2O.C9H14O3.C7H6ClFN2.Cl3OP/c1-11-3-6-17-18(11)20(24-16-7-8-23-10-12(16)2)26-19(25-17)14-9-13(21)4-5-15(14)22;1-7-2-5-11-12(7)13(16)19-14(18-11)9-6-8(15)3-4-10(9)17;1-7-2-5-11-12(7)13(17)19-14(18-11)9-6-8(15)3-4-10(9)16;1-7-2-5-11-12(7)14(19)18-13(17-11)9-6-8(15)3-4-10(9)16;1-3-12-9(11)8-6(2)4-5-7(8)10;8-4-1-2-6(9)5(3-4)7(10)11;1-5(2,3)4/h4-5,7-11H,3,6H2,1-2H3,(H,23,24,25,26);2*3-4,6-7H,2,5H2,1H3;3-4,6-7H,2,5H2,1H3,(H,17,18,19);6,8H,3-5H2,1-2H3;1-3H,(H3,10,11);. The van der Waals surface area contributed by atoms with E-state index >= 15 is 0 Å². The molecule has 5 aliphatic rings. The Labute approximate surface area is 695 Å². The monoisotopic (exact) mass is 1820 g/mol. The van der Waals surface area contributed by atoms with Gasteiger partial charge in [0.25, 0.3) is 5.56 Å². The SMILES string of the molecule is CC1CCc2nc(-c3cc(Cl)ccc3F)[nH]c(=O)c21.CC1CCc2nc(-c3cc(Cl)ccc3F)nc(Cl)c21.CC1CCc2nc(-c3cc(Cl)ccc3F)nc(I)c21.CCOC(=O)C1C(=O)CCC1C.Cc1cnccc1Nc1nc(-c2cc(Cl)ccc2F)nc2c1C(C)CC2.N=C(N)c1cc(Cl)ccc1F.O=P(Cl)(Cl)Cl. The van der Waals surface area contributed by atoms with Gasteiger partial charge < -0.3 is 20.8 Å². The summed E-state index contributed by atoms with van der Waals surface area (Å²) in [6, 6.07) is 23.2. The van der Waals surface area contributed by atoms with E-state index in [2.05, 4.69) is 127 Å². The average molecular weight is 1830 g/mol. The zero-order valence-electron chi connectivity index (χ0n) is 60.4. The summed E-state index contributed by atoms with van der Waals surface area (Å²) in [6.07, 6.45) is 12.3. The highest BCUT2D eigenvalue weighted by Gasteiger charge is 2.38. The molecule has 5 aromatic heterocycles. The molecule has 5 heterocycles. The van der Waals surface area contributed by atoms with E-state index in [1.807, 2.05) is 26.8 Å². The second-order valence-electron chi connectivity index (χ2n) is 26.6. The minimum atomic E-state index is -3.22. The first kappa shape index (κ1) is 88.0. The minimum absolute atomic E-state index is 0.0394. The number of benzene rings is 5. The van der Waals surface area contributed by atoms with Gasteiger partial charge in [-0.15, -0.1) is 0 Å². The van der Waals surface area contributed by atoms with Gasteiger partial charge in [0.05, 0.1) is 45.8 Å². The minimum Gasteiger partial charge on any atom is -0.465 e. The molecule has 10 aromatic rings. The van der Waals surface area contributed by atoms with Crippen LogP contribution < -0.4 is 16.6 Å². The van der Waals surface area contributed by atoms with Crippen molar-refractivity contribution >= 4 is 160 Å². The van der Waals surface area contributed by atoms with Crippen LogP contribution in [0.1, 0.15) is 160 Å². The van der Waals surface area contributed by atoms with E-state index in [4.69, 9.17) is 85.5 Å². The van der Waals surface area contributed by atoms with E-state index in [9.17, 15) is 40.9 Å². The molecule has 33 heteroatoms. The van der Waals surface area contributed by atoms with Crippen molar-refractivity contribution in [1.29, 1.82) is 5.41 Å². The number of fused-ring (bicyclic) bond motifs is 4.